The van der Waals surface area contributed by atoms with Gasteiger partial charge in [-0.1, -0.05) is 39.3 Å². The topological polar surface area (TPSA) is 50.4 Å². The highest BCUT2D eigenvalue weighted by Crippen LogP contribution is 2.40. The smallest absolute Gasteiger partial charge is 0.407 e. The monoisotopic (exact) mass is 338 g/mol. The van der Waals surface area contributed by atoms with E-state index in [-0.39, 0.29) is 6.09 Å². The van der Waals surface area contributed by atoms with Gasteiger partial charge in [-0.2, -0.15) is 0 Å². The molecule has 0 aliphatic heterocycles. The molecule has 0 spiro atoms. The highest BCUT2D eigenvalue weighted by atomic mass is 16.6. The minimum atomic E-state index is -0.444. The Bertz CT molecular complexity index is 402. The lowest BCUT2D eigenvalue weighted by Gasteiger charge is -2.39. The van der Waals surface area contributed by atoms with Crippen LogP contribution in [0.5, 0.6) is 0 Å². The zero-order valence-corrected chi connectivity index (χ0v) is 16.6. The summed E-state index contributed by atoms with van der Waals surface area (Å²) < 4.78 is 5.19. The molecular formula is C20H38N2O2. The molecule has 0 atom stereocenters. The predicted octanol–water partition coefficient (Wildman–Crippen LogP) is 4.65. The number of amides is 1. The summed E-state index contributed by atoms with van der Waals surface area (Å²) in [5.74, 6) is 0.870. The fraction of sp³-hybridized carbons (Fsp3) is 0.850. The van der Waals surface area contributed by atoms with Gasteiger partial charge in [-0.3, -0.25) is 0 Å². The number of hydrogen-bond donors (Lipinski definition) is 2. The molecular weight excluding hydrogens is 300 g/mol. The summed E-state index contributed by atoms with van der Waals surface area (Å²) in [4.78, 5) is 11.5. The van der Waals surface area contributed by atoms with Crippen LogP contribution in [0.15, 0.2) is 12.2 Å². The number of ether oxygens (including phenoxy) is 1. The van der Waals surface area contributed by atoms with Gasteiger partial charge in [0.25, 0.3) is 0 Å². The van der Waals surface area contributed by atoms with Crippen molar-refractivity contribution in [2.24, 2.45) is 11.3 Å². The van der Waals surface area contributed by atoms with Gasteiger partial charge >= 0.3 is 6.09 Å². The summed E-state index contributed by atoms with van der Waals surface area (Å²) in [6, 6.07) is 0.636. The van der Waals surface area contributed by atoms with Crippen LogP contribution in [0.3, 0.4) is 0 Å². The van der Waals surface area contributed by atoms with Gasteiger partial charge < -0.3 is 15.4 Å². The normalized spacial score (nSPS) is 22.6. The third-order valence-corrected chi connectivity index (χ3v) is 5.20. The van der Waals surface area contributed by atoms with E-state index in [0.29, 0.717) is 18.0 Å². The molecule has 2 N–H and O–H groups in total. The molecule has 1 aliphatic carbocycles. The van der Waals surface area contributed by atoms with Crippen molar-refractivity contribution in [2.45, 2.75) is 85.3 Å². The first-order valence-corrected chi connectivity index (χ1v) is 9.49. The minimum Gasteiger partial charge on any atom is -0.444 e. The maximum absolute atomic E-state index is 11.5. The van der Waals surface area contributed by atoms with Crippen LogP contribution in [-0.4, -0.2) is 30.8 Å². The molecule has 140 valence electrons. The van der Waals surface area contributed by atoms with E-state index in [4.69, 9.17) is 4.74 Å². The largest absolute Gasteiger partial charge is 0.444 e. The molecule has 0 aromatic rings. The van der Waals surface area contributed by atoms with Crippen molar-refractivity contribution in [3.8, 4) is 0 Å². The Labute approximate surface area is 148 Å². The fourth-order valence-corrected chi connectivity index (χ4v) is 3.23. The molecule has 1 aliphatic rings. The van der Waals surface area contributed by atoms with E-state index >= 15 is 0 Å². The molecule has 4 heteroatoms. The van der Waals surface area contributed by atoms with Crippen LogP contribution in [-0.2, 0) is 4.74 Å². The van der Waals surface area contributed by atoms with Gasteiger partial charge in [0, 0.05) is 19.1 Å². The van der Waals surface area contributed by atoms with Gasteiger partial charge in [-0.15, -0.1) is 0 Å². The Morgan fingerprint density at radius 1 is 1.04 bits per heavy atom. The second kappa shape index (κ2) is 9.45. The molecule has 0 aromatic carbocycles. The van der Waals surface area contributed by atoms with E-state index in [1.165, 1.54) is 32.1 Å². The number of alkyl carbamates (subject to hydrolysis) is 1. The first-order chi connectivity index (χ1) is 11.1. The molecule has 0 aromatic heterocycles. The van der Waals surface area contributed by atoms with E-state index in [1.807, 2.05) is 26.8 Å². The molecule has 1 saturated carbocycles. The Morgan fingerprint density at radius 2 is 1.62 bits per heavy atom. The van der Waals surface area contributed by atoms with Crippen LogP contribution in [0.2, 0.25) is 0 Å². The van der Waals surface area contributed by atoms with Crippen LogP contribution in [0, 0.1) is 11.3 Å². The lowest BCUT2D eigenvalue weighted by molar-refractivity contribution is 0.0534. The Morgan fingerprint density at radius 3 is 2.17 bits per heavy atom. The summed E-state index contributed by atoms with van der Waals surface area (Å²) in [5, 5.41) is 6.34. The quantitative estimate of drug-likeness (QED) is 0.664. The molecule has 0 bridgehead atoms. The summed E-state index contributed by atoms with van der Waals surface area (Å²) in [6.45, 7) is 14.1. The van der Waals surface area contributed by atoms with Crippen molar-refractivity contribution in [3.05, 3.63) is 12.2 Å². The number of rotatable bonds is 7. The second-order valence-corrected chi connectivity index (χ2v) is 8.65. The lowest BCUT2D eigenvalue weighted by atomic mass is 9.69. The van der Waals surface area contributed by atoms with Gasteiger partial charge in [-0.25, -0.2) is 4.79 Å². The van der Waals surface area contributed by atoms with E-state index in [0.717, 1.165) is 12.5 Å². The zero-order valence-electron chi connectivity index (χ0n) is 16.6. The number of nitrogens with one attached hydrogen (secondary N) is 2. The molecule has 0 radical (unpaired) electrons. The third-order valence-electron chi connectivity index (χ3n) is 5.20. The predicted molar refractivity (Wildman–Crippen MR) is 101 cm³/mol. The maximum Gasteiger partial charge on any atom is 0.407 e. The van der Waals surface area contributed by atoms with Crippen molar-refractivity contribution in [3.63, 3.8) is 0 Å². The van der Waals surface area contributed by atoms with Crippen LogP contribution < -0.4 is 10.6 Å². The van der Waals surface area contributed by atoms with Crippen LogP contribution in [0.4, 0.5) is 4.79 Å². The Hall–Kier alpha value is -1.03. The number of hydrogen-bond acceptors (Lipinski definition) is 3. The Kier molecular flexibility index (Phi) is 8.28. The van der Waals surface area contributed by atoms with Crippen molar-refractivity contribution in [2.75, 3.05) is 13.1 Å². The zero-order chi connectivity index (χ0) is 18.2. The van der Waals surface area contributed by atoms with Gasteiger partial charge in [0.05, 0.1) is 0 Å². The molecule has 1 amide bonds. The van der Waals surface area contributed by atoms with Gasteiger partial charge in [0.15, 0.2) is 0 Å². The van der Waals surface area contributed by atoms with Crippen LogP contribution in [0.25, 0.3) is 0 Å². The van der Waals surface area contributed by atoms with E-state index < -0.39 is 5.60 Å². The molecule has 0 unspecified atom stereocenters. The molecule has 1 fully saturated rings. The first kappa shape index (κ1) is 21.0. The van der Waals surface area contributed by atoms with Gasteiger partial charge in [0.1, 0.15) is 5.60 Å². The lowest BCUT2D eigenvalue weighted by Crippen LogP contribution is -2.37. The molecule has 0 heterocycles. The molecule has 1 rings (SSSR count). The van der Waals surface area contributed by atoms with E-state index in [2.05, 4.69) is 37.5 Å². The molecule has 4 nitrogen and oxygen atoms in total. The summed E-state index contributed by atoms with van der Waals surface area (Å²) in [7, 11) is 0. The number of carbonyl (C=O) groups excluding carboxylic acids is 1. The van der Waals surface area contributed by atoms with Crippen molar-refractivity contribution in [1.82, 2.24) is 10.6 Å². The number of carbonyl (C=O) groups is 1. The SMILES string of the molecule is CCC(C)(C)C1CCC(NC/C=C/CNC(=O)OC(C)(C)C)CC1. The van der Waals surface area contributed by atoms with E-state index in [1.54, 1.807) is 0 Å². The van der Waals surface area contributed by atoms with Gasteiger partial charge in [0.2, 0.25) is 0 Å². The highest BCUT2D eigenvalue weighted by Gasteiger charge is 2.31. The Balaban J connectivity index is 2.13. The van der Waals surface area contributed by atoms with Crippen molar-refractivity contribution in [1.29, 1.82) is 0 Å². The fourth-order valence-electron chi connectivity index (χ4n) is 3.23. The van der Waals surface area contributed by atoms with Crippen molar-refractivity contribution >= 4 is 6.09 Å². The molecule has 0 saturated heterocycles. The van der Waals surface area contributed by atoms with Crippen LogP contribution >= 0.6 is 0 Å². The molecule has 24 heavy (non-hydrogen) atoms. The first-order valence-electron chi connectivity index (χ1n) is 9.49. The average molecular weight is 339 g/mol. The van der Waals surface area contributed by atoms with Gasteiger partial charge in [-0.05, 0) is 57.8 Å². The maximum atomic E-state index is 11.5. The minimum absolute atomic E-state index is 0.364. The third kappa shape index (κ3) is 8.18. The average Bonchev–Trinajstić information content (AvgIpc) is 2.49. The highest BCUT2D eigenvalue weighted by molar-refractivity contribution is 5.67. The van der Waals surface area contributed by atoms with E-state index in [9.17, 15) is 4.79 Å². The van der Waals surface area contributed by atoms with Crippen LogP contribution in [0.1, 0.15) is 73.6 Å². The second-order valence-electron chi connectivity index (χ2n) is 8.65. The summed E-state index contributed by atoms with van der Waals surface area (Å²) in [6.07, 6.45) is 10.2. The standard InChI is InChI=1S/C20H38N2O2/c1-7-20(5,6)16-10-12-17(13-11-16)21-14-8-9-15-22-18(23)24-19(2,3)4/h8-9,16-17,21H,7,10-15H2,1-6H3,(H,22,23)/b9-8+. The summed E-state index contributed by atoms with van der Waals surface area (Å²) >= 11 is 0. The summed E-state index contributed by atoms with van der Waals surface area (Å²) in [5.41, 5.74) is 0.0404. The van der Waals surface area contributed by atoms with Crippen molar-refractivity contribution < 1.29 is 9.53 Å².